The molecule has 3 unspecified atom stereocenters. The maximum absolute atomic E-state index is 12.6. The van der Waals surface area contributed by atoms with Crippen LogP contribution in [0.4, 0.5) is 0 Å². The maximum atomic E-state index is 12.6. The summed E-state index contributed by atoms with van der Waals surface area (Å²) in [5.74, 6) is 2.06. The second kappa shape index (κ2) is 5.28. The Morgan fingerprint density at radius 1 is 1.30 bits per heavy atom. The van der Waals surface area contributed by atoms with E-state index in [9.17, 15) is 4.79 Å². The molecule has 2 aliphatic heterocycles. The fourth-order valence-corrected chi connectivity index (χ4v) is 3.60. The van der Waals surface area contributed by atoms with Crippen molar-refractivity contribution >= 4 is 17.5 Å². The number of piperidine rings is 1. The van der Waals surface area contributed by atoms with Crippen LogP contribution in [0.3, 0.4) is 0 Å². The highest BCUT2D eigenvalue weighted by Crippen LogP contribution is 2.32. The van der Waals surface area contributed by atoms with E-state index < -0.39 is 0 Å². The van der Waals surface area contributed by atoms with Gasteiger partial charge in [-0.25, -0.2) is 0 Å². The zero-order chi connectivity index (χ0) is 14.3. The van der Waals surface area contributed by atoms with Crippen LogP contribution < -0.4 is 4.74 Å². The van der Waals surface area contributed by atoms with E-state index in [0.717, 1.165) is 24.4 Å². The Kier molecular flexibility index (Phi) is 3.63. The molecule has 4 heteroatoms. The van der Waals surface area contributed by atoms with E-state index in [4.69, 9.17) is 16.3 Å². The van der Waals surface area contributed by atoms with Gasteiger partial charge in [0, 0.05) is 24.5 Å². The number of carbonyl (C=O) groups is 1. The Labute approximate surface area is 124 Å². The number of halogens is 1. The van der Waals surface area contributed by atoms with Crippen LogP contribution in [-0.2, 0) is 11.2 Å². The number of ether oxygens (including phenoxy) is 1. The zero-order valence-corrected chi connectivity index (χ0v) is 12.7. The SMILES string of the molecule is CC1CC(C)CN(C(=O)C2Cc3cc(Cl)ccc3O2)C1. The lowest BCUT2D eigenvalue weighted by Gasteiger charge is -2.36. The van der Waals surface area contributed by atoms with E-state index in [-0.39, 0.29) is 12.0 Å². The molecular weight excluding hydrogens is 274 g/mol. The van der Waals surface area contributed by atoms with Crippen molar-refractivity contribution in [1.82, 2.24) is 4.90 Å². The van der Waals surface area contributed by atoms with Gasteiger partial charge in [-0.1, -0.05) is 25.4 Å². The number of rotatable bonds is 1. The maximum Gasteiger partial charge on any atom is 0.264 e. The monoisotopic (exact) mass is 293 g/mol. The van der Waals surface area contributed by atoms with E-state index in [0.29, 0.717) is 23.3 Å². The first-order chi connectivity index (χ1) is 9.52. The van der Waals surface area contributed by atoms with Crippen LogP contribution in [0.25, 0.3) is 0 Å². The molecule has 0 radical (unpaired) electrons. The average Bonchev–Trinajstić information content (AvgIpc) is 2.79. The molecular formula is C16H20ClNO2. The minimum absolute atomic E-state index is 0.121. The highest BCUT2D eigenvalue weighted by molar-refractivity contribution is 6.30. The van der Waals surface area contributed by atoms with Crippen molar-refractivity contribution in [1.29, 1.82) is 0 Å². The van der Waals surface area contributed by atoms with E-state index in [1.54, 1.807) is 6.07 Å². The predicted molar refractivity (Wildman–Crippen MR) is 79.1 cm³/mol. The van der Waals surface area contributed by atoms with Crippen molar-refractivity contribution in [2.75, 3.05) is 13.1 Å². The highest BCUT2D eigenvalue weighted by Gasteiger charge is 2.35. The third-order valence-electron chi connectivity index (χ3n) is 4.15. The van der Waals surface area contributed by atoms with Gasteiger partial charge in [0.05, 0.1) is 0 Å². The van der Waals surface area contributed by atoms with E-state index in [1.807, 2.05) is 17.0 Å². The second-order valence-corrected chi connectivity index (χ2v) is 6.69. The van der Waals surface area contributed by atoms with Crippen molar-refractivity contribution in [2.45, 2.75) is 32.8 Å². The van der Waals surface area contributed by atoms with Gasteiger partial charge in [-0.05, 0) is 42.0 Å². The number of nitrogens with zero attached hydrogens (tertiary/aromatic N) is 1. The topological polar surface area (TPSA) is 29.5 Å². The van der Waals surface area contributed by atoms with Crippen molar-refractivity contribution in [3.05, 3.63) is 28.8 Å². The van der Waals surface area contributed by atoms with Crippen LogP contribution in [0.15, 0.2) is 18.2 Å². The number of likely N-dealkylation sites (tertiary alicyclic amines) is 1. The molecule has 0 aromatic heterocycles. The second-order valence-electron chi connectivity index (χ2n) is 6.25. The van der Waals surface area contributed by atoms with Crippen LogP contribution in [0, 0.1) is 11.8 Å². The third-order valence-corrected chi connectivity index (χ3v) is 4.39. The van der Waals surface area contributed by atoms with Crippen LogP contribution in [-0.4, -0.2) is 30.0 Å². The zero-order valence-electron chi connectivity index (χ0n) is 11.9. The summed E-state index contributed by atoms with van der Waals surface area (Å²) in [6.45, 7) is 6.11. The standard InChI is InChI=1S/C16H20ClNO2/c1-10-5-11(2)9-18(8-10)16(19)15-7-12-6-13(17)3-4-14(12)20-15/h3-4,6,10-11,15H,5,7-9H2,1-2H3. The molecule has 2 aliphatic rings. The Bertz CT molecular complexity index is 521. The normalized spacial score (nSPS) is 28.9. The van der Waals surface area contributed by atoms with Crippen molar-refractivity contribution < 1.29 is 9.53 Å². The molecule has 1 amide bonds. The van der Waals surface area contributed by atoms with Crippen molar-refractivity contribution in [2.24, 2.45) is 11.8 Å². The molecule has 1 saturated heterocycles. The van der Waals surface area contributed by atoms with Gasteiger partial charge in [0.15, 0.2) is 6.10 Å². The van der Waals surface area contributed by atoms with Gasteiger partial charge in [-0.2, -0.15) is 0 Å². The number of hydrogen-bond acceptors (Lipinski definition) is 2. The number of fused-ring (bicyclic) bond motifs is 1. The summed E-state index contributed by atoms with van der Waals surface area (Å²) in [5, 5.41) is 0.695. The fourth-order valence-electron chi connectivity index (χ4n) is 3.40. The molecule has 1 aromatic carbocycles. The van der Waals surface area contributed by atoms with Crippen molar-refractivity contribution in [3.63, 3.8) is 0 Å². The highest BCUT2D eigenvalue weighted by atomic mass is 35.5. The minimum Gasteiger partial charge on any atom is -0.480 e. The molecule has 0 aliphatic carbocycles. The molecule has 0 spiro atoms. The minimum atomic E-state index is -0.374. The molecule has 20 heavy (non-hydrogen) atoms. The molecule has 3 nitrogen and oxygen atoms in total. The first-order valence-electron chi connectivity index (χ1n) is 7.27. The molecule has 108 valence electrons. The summed E-state index contributed by atoms with van der Waals surface area (Å²) in [7, 11) is 0. The molecule has 1 fully saturated rings. The van der Waals surface area contributed by atoms with Gasteiger partial charge < -0.3 is 9.64 Å². The number of carbonyl (C=O) groups excluding carboxylic acids is 1. The predicted octanol–water partition coefficient (Wildman–Crippen LogP) is 3.15. The lowest BCUT2D eigenvalue weighted by atomic mass is 9.91. The number of benzene rings is 1. The van der Waals surface area contributed by atoms with Gasteiger partial charge >= 0.3 is 0 Å². The van der Waals surface area contributed by atoms with E-state index in [1.165, 1.54) is 6.42 Å². The van der Waals surface area contributed by atoms with Gasteiger partial charge in [-0.3, -0.25) is 4.79 Å². The lowest BCUT2D eigenvalue weighted by molar-refractivity contribution is -0.140. The summed E-state index contributed by atoms with van der Waals surface area (Å²) in [6, 6.07) is 5.55. The summed E-state index contributed by atoms with van der Waals surface area (Å²) >= 11 is 5.99. The Morgan fingerprint density at radius 2 is 2.00 bits per heavy atom. The quantitative estimate of drug-likeness (QED) is 0.796. The van der Waals surface area contributed by atoms with Gasteiger partial charge in [0.1, 0.15) is 5.75 Å². The van der Waals surface area contributed by atoms with Gasteiger partial charge in [0.25, 0.3) is 5.91 Å². The molecule has 0 N–H and O–H groups in total. The molecule has 0 bridgehead atoms. The third kappa shape index (κ3) is 2.64. The first-order valence-corrected chi connectivity index (χ1v) is 7.64. The average molecular weight is 294 g/mol. The fraction of sp³-hybridized carbons (Fsp3) is 0.562. The largest absolute Gasteiger partial charge is 0.480 e. The van der Waals surface area contributed by atoms with Crippen LogP contribution in [0.1, 0.15) is 25.8 Å². The van der Waals surface area contributed by atoms with Crippen molar-refractivity contribution in [3.8, 4) is 5.75 Å². The van der Waals surface area contributed by atoms with Crippen LogP contribution >= 0.6 is 11.6 Å². The summed E-state index contributed by atoms with van der Waals surface area (Å²) in [4.78, 5) is 14.6. The van der Waals surface area contributed by atoms with Gasteiger partial charge in [0.2, 0.25) is 0 Å². The molecule has 1 aromatic rings. The smallest absolute Gasteiger partial charge is 0.264 e. The summed E-state index contributed by atoms with van der Waals surface area (Å²) < 4.78 is 5.80. The van der Waals surface area contributed by atoms with Crippen LogP contribution in [0.2, 0.25) is 5.02 Å². The molecule has 2 heterocycles. The summed E-state index contributed by atoms with van der Waals surface area (Å²) in [5.41, 5.74) is 1.04. The lowest BCUT2D eigenvalue weighted by Crippen LogP contribution is -2.48. The molecule has 3 rings (SSSR count). The number of amides is 1. The Morgan fingerprint density at radius 3 is 2.70 bits per heavy atom. The molecule has 3 atom stereocenters. The van der Waals surface area contributed by atoms with E-state index in [2.05, 4.69) is 13.8 Å². The summed E-state index contributed by atoms with van der Waals surface area (Å²) in [6.07, 6.45) is 1.46. The molecule has 0 saturated carbocycles. The Hall–Kier alpha value is -1.22. The Balaban J connectivity index is 1.71. The first kappa shape index (κ1) is 13.7. The van der Waals surface area contributed by atoms with Gasteiger partial charge in [-0.15, -0.1) is 0 Å². The number of hydrogen-bond donors (Lipinski definition) is 0. The van der Waals surface area contributed by atoms with Crippen LogP contribution in [0.5, 0.6) is 5.75 Å². The van der Waals surface area contributed by atoms with E-state index >= 15 is 0 Å².